The number of benzene rings is 1. The van der Waals surface area contributed by atoms with Crippen LogP contribution in [0.1, 0.15) is 12.0 Å². The van der Waals surface area contributed by atoms with Crippen molar-refractivity contribution in [2.75, 3.05) is 19.5 Å². The molecule has 0 bridgehead atoms. The number of aliphatic hydroxyl groups excluding tert-OH is 1. The zero-order valence-electron chi connectivity index (χ0n) is 8.69. The maximum absolute atomic E-state index is 9.39. The van der Waals surface area contributed by atoms with Crippen LogP contribution < -0.4 is 10.5 Å². The Kier molecular flexibility index (Phi) is 2.91. The number of thioether (sulfide) groups is 1. The van der Waals surface area contributed by atoms with E-state index in [0.29, 0.717) is 0 Å². The highest BCUT2D eigenvalue weighted by Crippen LogP contribution is 2.40. The molecule has 2 rings (SSSR count). The van der Waals surface area contributed by atoms with Gasteiger partial charge in [0, 0.05) is 10.6 Å². The summed E-state index contributed by atoms with van der Waals surface area (Å²) < 4.78 is 5.17. The van der Waals surface area contributed by atoms with Crippen LogP contribution in [0.4, 0.5) is 0 Å². The SMILES string of the molecule is COc1ccc2c(c1)C(N)(CO)CCS2. The summed E-state index contributed by atoms with van der Waals surface area (Å²) in [7, 11) is 1.63. The van der Waals surface area contributed by atoms with Crippen LogP contribution in [0.5, 0.6) is 5.75 Å². The summed E-state index contributed by atoms with van der Waals surface area (Å²) >= 11 is 1.78. The zero-order chi connectivity index (χ0) is 10.9. The van der Waals surface area contributed by atoms with Gasteiger partial charge < -0.3 is 15.6 Å². The van der Waals surface area contributed by atoms with Crippen molar-refractivity contribution in [2.45, 2.75) is 16.9 Å². The molecule has 0 fully saturated rings. The third-order valence-electron chi connectivity index (χ3n) is 2.81. The summed E-state index contributed by atoms with van der Waals surface area (Å²) in [5, 5.41) is 9.39. The number of nitrogens with two attached hydrogens (primary N) is 1. The molecule has 0 aliphatic carbocycles. The molecule has 3 nitrogen and oxygen atoms in total. The average molecular weight is 225 g/mol. The summed E-state index contributed by atoms with van der Waals surface area (Å²) in [5.41, 5.74) is 6.57. The van der Waals surface area contributed by atoms with Crippen molar-refractivity contribution in [1.82, 2.24) is 0 Å². The van der Waals surface area contributed by atoms with Gasteiger partial charge in [-0.25, -0.2) is 0 Å². The third-order valence-corrected chi connectivity index (χ3v) is 3.89. The molecular formula is C11H15NO2S. The lowest BCUT2D eigenvalue weighted by Gasteiger charge is -2.33. The molecule has 0 saturated heterocycles. The van der Waals surface area contributed by atoms with E-state index in [0.717, 1.165) is 28.4 Å². The molecule has 0 aromatic heterocycles. The Hall–Kier alpha value is -0.710. The smallest absolute Gasteiger partial charge is 0.119 e. The van der Waals surface area contributed by atoms with Crippen LogP contribution >= 0.6 is 11.8 Å². The van der Waals surface area contributed by atoms with E-state index < -0.39 is 5.54 Å². The molecule has 0 amide bonds. The number of hydrogen-bond acceptors (Lipinski definition) is 4. The van der Waals surface area contributed by atoms with Crippen molar-refractivity contribution >= 4 is 11.8 Å². The molecule has 0 spiro atoms. The Morgan fingerprint density at radius 2 is 2.40 bits per heavy atom. The van der Waals surface area contributed by atoms with Crippen molar-refractivity contribution in [3.05, 3.63) is 23.8 Å². The highest BCUT2D eigenvalue weighted by atomic mass is 32.2. The van der Waals surface area contributed by atoms with Crippen molar-refractivity contribution in [3.63, 3.8) is 0 Å². The molecule has 1 atom stereocenters. The van der Waals surface area contributed by atoms with E-state index in [1.165, 1.54) is 0 Å². The fourth-order valence-corrected chi connectivity index (χ4v) is 3.06. The minimum atomic E-state index is -0.602. The highest BCUT2D eigenvalue weighted by molar-refractivity contribution is 7.99. The van der Waals surface area contributed by atoms with Crippen molar-refractivity contribution in [3.8, 4) is 5.75 Å². The Morgan fingerprint density at radius 1 is 1.60 bits per heavy atom. The van der Waals surface area contributed by atoms with Crippen molar-refractivity contribution in [2.24, 2.45) is 5.73 Å². The van der Waals surface area contributed by atoms with Gasteiger partial charge in [0.05, 0.1) is 19.3 Å². The molecule has 1 heterocycles. The van der Waals surface area contributed by atoms with Crippen LogP contribution in [0.15, 0.2) is 23.1 Å². The molecule has 1 aliphatic rings. The summed E-state index contributed by atoms with van der Waals surface area (Å²) in [6.45, 7) is -0.0201. The van der Waals surface area contributed by atoms with Gasteiger partial charge in [0.2, 0.25) is 0 Å². The van der Waals surface area contributed by atoms with Crippen LogP contribution in [0.2, 0.25) is 0 Å². The lowest BCUT2D eigenvalue weighted by atomic mass is 9.88. The summed E-state index contributed by atoms with van der Waals surface area (Å²) in [6.07, 6.45) is 0.800. The lowest BCUT2D eigenvalue weighted by molar-refractivity contribution is 0.189. The first-order valence-corrected chi connectivity index (χ1v) is 5.89. The number of aliphatic hydroxyl groups is 1. The fraction of sp³-hybridized carbons (Fsp3) is 0.455. The number of methoxy groups -OCH3 is 1. The van der Waals surface area contributed by atoms with Crippen molar-refractivity contribution < 1.29 is 9.84 Å². The zero-order valence-corrected chi connectivity index (χ0v) is 9.51. The maximum atomic E-state index is 9.39. The highest BCUT2D eigenvalue weighted by Gasteiger charge is 2.32. The monoisotopic (exact) mass is 225 g/mol. The first-order valence-electron chi connectivity index (χ1n) is 4.91. The van der Waals surface area contributed by atoms with Gasteiger partial charge in [0.1, 0.15) is 5.75 Å². The second-order valence-corrected chi connectivity index (χ2v) is 4.91. The van der Waals surface area contributed by atoms with Crippen LogP contribution in [-0.4, -0.2) is 24.6 Å². The van der Waals surface area contributed by atoms with E-state index in [-0.39, 0.29) is 6.61 Å². The molecule has 0 saturated carbocycles. The third kappa shape index (κ3) is 1.85. The van der Waals surface area contributed by atoms with Crippen LogP contribution in [0.3, 0.4) is 0 Å². The molecule has 0 radical (unpaired) electrons. The molecule has 1 aromatic rings. The minimum absolute atomic E-state index is 0.0201. The quantitative estimate of drug-likeness (QED) is 0.797. The molecule has 1 aliphatic heterocycles. The molecule has 1 aromatic carbocycles. The number of fused-ring (bicyclic) bond motifs is 1. The standard InChI is InChI=1S/C11H15NO2S/c1-14-8-2-3-10-9(6-8)11(12,7-13)4-5-15-10/h2-3,6,13H,4-5,7,12H2,1H3. The van der Waals surface area contributed by atoms with E-state index in [2.05, 4.69) is 0 Å². The minimum Gasteiger partial charge on any atom is -0.497 e. The molecule has 15 heavy (non-hydrogen) atoms. The fourth-order valence-electron chi connectivity index (χ4n) is 1.79. The Bertz CT molecular complexity index is 370. The predicted molar refractivity (Wildman–Crippen MR) is 61.3 cm³/mol. The molecule has 82 valence electrons. The van der Waals surface area contributed by atoms with Gasteiger partial charge in [-0.1, -0.05) is 0 Å². The Morgan fingerprint density at radius 3 is 3.07 bits per heavy atom. The molecule has 4 heteroatoms. The number of rotatable bonds is 2. The molecule has 1 unspecified atom stereocenters. The van der Waals surface area contributed by atoms with Crippen molar-refractivity contribution in [1.29, 1.82) is 0 Å². The van der Waals surface area contributed by atoms with Gasteiger partial charge in [-0.05, 0) is 30.2 Å². The lowest BCUT2D eigenvalue weighted by Crippen LogP contribution is -2.43. The summed E-state index contributed by atoms with van der Waals surface area (Å²) in [6, 6.07) is 5.86. The Balaban J connectivity index is 2.48. The van der Waals surface area contributed by atoms with E-state index in [1.807, 2.05) is 18.2 Å². The topological polar surface area (TPSA) is 55.5 Å². The van der Waals surface area contributed by atoms with Gasteiger partial charge in [0.15, 0.2) is 0 Å². The predicted octanol–water partition coefficient (Wildman–Crippen LogP) is 1.34. The second kappa shape index (κ2) is 4.04. The van der Waals surface area contributed by atoms with Gasteiger partial charge in [-0.3, -0.25) is 0 Å². The van der Waals surface area contributed by atoms with Gasteiger partial charge in [-0.2, -0.15) is 0 Å². The van der Waals surface area contributed by atoms with E-state index in [9.17, 15) is 5.11 Å². The first kappa shape index (κ1) is 10.8. The maximum Gasteiger partial charge on any atom is 0.119 e. The van der Waals surface area contributed by atoms with E-state index >= 15 is 0 Å². The van der Waals surface area contributed by atoms with Gasteiger partial charge >= 0.3 is 0 Å². The summed E-state index contributed by atoms with van der Waals surface area (Å²) in [4.78, 5) is 1.15. The number of hydrogen-bond donors (Lipinski definition) is 2. The Labute approximate surface area is 93.6 Å². The molecule has 3 N–H and O–H groups in total. The van der Waals surface area contributed by atoms with Crippen LogP contribution in [0, 0.1) is 0 Å². The number of ether oxygens (including phenoxy) is 1. The normalized spacial score (nSPS) is 24.7. The second-order valence-electron chi connectivity index (χ2n) is 3.77. The average Bonchev–Trinajstić information content (AvgIpc) is 2.29. The van der Waals surface area contributed by atoms with Crippen LogP contribution in [0.25, 0.3) is 0 Å². The van der Waals surface area contributed by atoms with Gasteiger partial charge in [0.25, 0.3) is 0 Å². The largest absolute Gasteiger partial charge is 0.497 e. The van der Waals surface area contributed by atoms with E-state index in [4.69, 9.17) is 10.5 Å². The summed E-state index contributed by atoms with van der Waals surface area (Å²) in [5.74, 6) is 1.75. The van der Waals surface area contributed by atoms with E-state index in [1.54, 1.807) is 18.9 Å². The van der Waals surface area contributed by atoms with Crippen LogP contribution in [-0.2, 0) is 5.54 Å². The first-order chi connectivity index (χ1) is 7.19. The molecular weight excluding hydrogens is 210 g/mol. The van der Waals surface area contributed by atoms with Gasteiger partial charge in [-0.15, -0.1) is 11.8 Å².